The van der Waals surface area contributed by atoms with E-state index in [1.807, 2.05) is 31.2 Å². The third kappa shape index (κ3) is 5.95. The lowest BCUT2D eigenvalue weighted by Crippen LogP contribution is -2.40. The van der Waals surface area contributed by atoms with Crippen molar-refractivity contribution in [2.45, 2.75) is 58.7 Å². The SMILES string of the molecule is CCCC(OC(=O)c1ccccc1)C(OC(=O)c1ccccc1)C(CC)CC. The van der Waals surface area contributed by atoms with Crippen LogP contribution < -0.4 is 0 Å². The highest BCUT2D eigenvalue weighted by atomic mass is 16.6. The second kappa shape index (κ2) is 11.3. The quantitative estimate of drug-likeness (QED) is 0.497. The molecule has 2 atom stereocenters. The summed E-state index contributed by atoms with van der Waals surface area (Å²) in [6, 6.07) is 17.9. The third-order valence-corrected chi connectivity index (χ3v) is 4.97. The minimum Gasteiger partial charge on any atom is -0.455 e. The summed E-state index contributed by atoms with van der Waals surface area (Å²) in [6.07, 6.45) is 2.19. The lowest BCUT2D eigenvalue weighted by Gasteiger charge is -2.32. The Morgan fingerprint density at radius 3 is 1.64 bits per heavy atom. The van der Waals surface area contributed by atoms with Gasteiger partial charge < -0.3 is 9.47 Å². The Balaban J connectivity index is 2.23. The largest absolute Gasteiger partial charge is 0.455 e. The monoisotopic (exact) mass is 382 g/mol. The van der Waals surface area contributed by atoms with E-state index in [-0.39, 0.29) is 17.9 Å². The number of benzene rings is 2. The zero-order chi connectivity index (χ0) is 20.4. The summed E-state index contributed by atoms with van der Waals surface area (Å²) in [6.45, 7) is 6.17. The van der Waals surface area contributed by atoms with Crippen molar-refractivity contribution in [3.63, 3.8) is 0 Å². The maximum absolute atomic E-state index is 12.7. The average molecular weight is 383 g/mol. The first-order valence-corrected chi connectivity index (χ1v) is 10.1. The van der Waals surface area contributed by atoms with Crippen molar-refractivity contribution in [3.05, 3.63) is 71.8 Å². The number of ether oxygens (including phenoxy) is 2. The van der Waals surface area contributed by atoms with Crippen molar-refractivity contribution in [2.24, 2.45) is 5.92 Å². The maximum atomic E-state index is 12.7. The van der Waals surface area contributed by atoms with Crippen LogP contribution in [0, 0.1) is 5.92 Å². The Morgan fingerprint density at radius 2 is 1.21 bits per heavy atom. The molecule has 0 saturated heterocycles. The average Bonchev–Trinajstić information content (AvgIpc) is 2.74. The highest BCUT2D eigenvalue weighted by Crippen LogP contribution is 2.26. The minimum absolute atomic E-state index is 0.118. The molecule has 150 valence electrons. The van der Waals surface area contributed by atoms with E-state index in [0.29, 0.717) is 17.5 Å². The van der Waals surface area contributed by atoms with Gasteiger partial charge in [-0.15, -0.1) is 0 Å². The Hall–Kier alpha value is -2.62. The van der Waals surface area contributed by atoms with E-state index in [9.17, 15) is 9.59 Å². The Labute approximate surface area is 167 Å². The second-order valence-corrected chi connectivity index (χ2v) is 6.91. The van der Waals surface area contributed by atoms with E-state index < -0.39 is 12.2 Å². The molecule has 2 aromatic carbocycles. The number of carbonyl (C=O) groups is 2. The van der Waals surface area contributed by atoms with Gasteiger partial charge in [0.05, 0.1) is 11.1 Å². The first-order valence-electron chi connectivity index (χ1n) is 10.1. The fourth-order valence-electron chi connectivity index (χ4n) is 3.35. The van der Waals surface area contributed by atoms with Crippen molar-refractivity contribution >= 4 is 11.9 Å². The van der Waals surface area contributed by atoms with E-state index in [1.54, 1.807) is 36.4 Å². The normalized spacial score (nSPS) is 13.0. The number of carbonyl (C=O) groups excluding carboxylic acids is 2. The highest BCUT2D eigenvalue weighted by molar-refractivity contribution is 5.90. The summed E-state index contributed by atoms with van der Waals surface area (Å²) in [5, 5.41) is 0. The Kier molecular flexibility index (Phi) is 8.73. The Bertz CT molecular complexity index is 723. The van der Waals surface area contributed by atoms with Crippen molar-refractivity contribution in [3.8, 4) is 0 Å². The van der Waals surface area contributed by atoms with Crippen LogP contribution in [0.4, 0.5) is 0 Å². The molecule has 2 unspecified atom stereocenters. The van der Waals surface area contributed by atoms with Crippen LogP contribution >= 0.6 is 0 Å². The lowest BCUT2D eigenvalue weighted by atomic mass is 9.90. The van der Waals surface area contributed by atoms with Gasteiger partial charge in [0, 0.05) is 0 Å². The fourth-order valence-corrected chi connectivity index (χ4v) is 3.35. The van der Waals surface area contributed by atoms with Gasteiger partial charge in [-0.3, -0.25) is 0 Å². The number of hydrogen-bond donors (Lipinski definition) is 0. The van der Waals surface area contributed by atoms with Gasteiger partial charge in [-0.05, 0) is 49.4 Å². The molecule has 0 spiro atoms. The number of esters is 2. The van der Waals surface area contributed by atoms with Gasteiger partial charge in [-0.1, -0.05) is 63.6 Å². The van der Waals surface area contributed by atoms with E-state index >= 15 is 0 Å². The molecule has 2 rings (SSSR count). The highest BCUT2D eigenvalue weighted by Gasteiger charge is 2.34. The molecular weight excluding hydrogens is 352 g/mol. The molecule has 0 aliphatic carbocycles. The van der Waals surface area contributed by atoms with Crippen LogP contribution in [0.5, 0.6) is 0 Å². The fraction of sp³-hybridized carbons (Fsp3) is 0.417. The van der Waals surface area contributed by atoms with Crippen molar-refractivity contribution in [1.29, 1.82) is 0 Å². The summed E-state index contributed by atoms with van der Waals surface area (Å²) >= 11 is 0. The molecule has 0 fully saturated rings. The molecule has 0 saturated carbocycles. The molecule has 0 aliphatic heterocycles. The van der Waals surface area contributed by atoms with Crippen molar-refractivity contribution in [2.75, 3.05) is 0 Å². The van der Waals surface area contributed by atoms with E-state index in [1.165, 1.54) is 0 Å². The van der Waals surface area contributed by atoms with E-state index in [4.69, 9.17) is 9.47 Å². The topological polar surface area (TPSA) is 52.6 Å². The molecule has 0 N–H and O–H groups in total. The van der Waals surface area contributed by atoms with Crippen molar-refractivity contribution < 1.29 is 19.1 Å². The smallest absolute Gasteiger partial charge is 0.338 e. The predicted molar refractivity (Wildman–Crippen MR) is 110 cm³/mol. The zero-order valence-corrected chi connectivity index (χ0v) is 17.0. The van der Waals surface area contributed by atoms with Crippen LogP contribution in [-0.2, 0) is 9.47 Å². The van der Waals surface area contributed by atoms with Gasteiger partial charge >= 0.3 is 11.9 Å². The van der Waals surface area contributed by atoms with Gasteiger partial charge in [-0.25, -0.2) is 9.59 Å². The molecule has 0 amide bonds. The Morgan fingerprint density at radius 1 is 0.750 bits per heavy atom. The minimum atomic E-state index is -0.477. The van der Waals surface area contributed by atoms with Gasteiger partial charge in [0.15, 0.2) is 0 Å². The lowest BCUT2D eigenvalue weighted by molar-refractivity contribution is -0.0604. The van der Waals surface area contributed by atoms with Crippen LogP contribution in [0.2, 0.25) is 0 Å². The van der Waals surface area contributed by atoms with Crippen LogP contribution in [0.1, 0.15) is 67.2 Å². The molecule has 4 nitrogen and oxygen atoms in total. The van der Waals surface area contributed by atoms with Crippen molar-refractivity contribution in [1.82, 2.24) is 0 Å². The summed E-state index contributed by atoms with van der Waals surface area (Å²) < 4.78 is 11.8. The van der Waals surface area contributed by atoms with E-state index in [2.05, 4.69) is 13.8 Å². The van der Waals surface area contributed by atoms with Crippen LogP contribution in [0.25, 0.3) is 0 Å². The maximum Gasteiger partial charge on any atom is 0.338 e. The molecule has 0 bridgehead atoms. The predicted octanol–water partition coefficient (Wildman–Crippen LogP) is 5.67. The second-order valence-electron chi connectivity index (χ2n) is 6.91. The van der Waals surface area contributed by atoms with Crippen LogP contribution in [-0.4, -0.2) is 24.1 Å². The summed E-state index contributed by atoms with van der Waals surface area (Å²) in [4.78, 5) is 25.3. The molecule has 0 heterocycles. The summed E-state index contributed by atoms with van der Waals surface area (Å²) in [5.41, 5.74) is 1.00. The zero-order valence-electron chi connectivity index (χ0n) is 17.0. The third-order valence-electron chi connectivity index (χ3n) is 4.97. The van der Waals surface area contributed by atoms with Crippen LogP contribution in [0.15, 0.2) is 60.7 Å². The first kappa shape index (κ1) is 21.7. The molecular formula is C24H30O4. The van der Waals surface area contributed by atoms with Gasteiger partial charge in [0.25, 0.3) is 0 Å². The van der Waals surface area contributed by atoms with Gasteiger partial charge in [0.2, 0.25) is 0 Å². The standard InChI is InChI=1S/C24H30O4/c1-4-13-21(27-23(25)19-14-9-7-10-15-19)22(18(5-2)6-3)28-24(26)20-16-11-8-12-17-20/h7-12,14-18,21-22H,4-6,13H2,1-3H3. The van der Waals surface area contributed by atoms with Gasteiger partial charge in [-0.2, -0.15) is 0 Å². The van der Waals surface area contributed by atoms with Gasteiger partial charge in [0.1, 0.15) is 12.2 Å². The van der Waals surface area contributed by atoms with Crippen LogP contribution in [0.3, 0.4) is 0 Å². The summed E-state index contributed by atoms with van der Waals surface area (Å²) in [5.74, 6) is -0.645. The number of hydrogen-bond acceptors (Lipinski definition) is 4. The molecule has 0 radical (unpaired) electrons. The first-order chi connectivity index (χ1) is 13.6. The molecule has 0 aromatic heterocycles. The molecule has 4 heteroatoms. The van der Waals surface area contributed by atoms with E-state index in [0.717, 1.165) is 19.3 Å². The summed E-state index contributed by atoms with van der Waals surface area (Å²) in [7, 11) is 0. The number of rotatable bonds is 10. The molecule has 0 aliphatic rings. The molecule has 2 aromatic rings. The molecule has 28 heavy (non-hydrogen) atoms.